The number of rotatable bonds is 3. The van der Waals surface area contributed by atoms with Gasteiger partial charge in [-0.3, -0.25) is 9.59 Å². The Morgan fingerprint density at radius 2 is 1.88 bits per heavy atom. The van der Waals surface area contributed by atoms with E-state index >= 15 is 0 Å². The summed E-state index contributed by atoms with van der Waals surface area (Å²) in [5.74, 6) is 1.88. The quantitative estimate of drug-likeness (QED) is 0.882. The molecule has 25 heavy (non-hydrogen) atoms. The molecule has 136 valence electrons. The minimum absolute atomic E-state index is 0.0169. The number of methoxy groups -OCH3 is 2. The van der Waals surface area contributed by atoms with Crippen LogP contribution in [-0.4, -0.2) is 54.0 Å². The monoisotopic (exact) mass is 364 g/mol. The molecule has 1 atom stereocenters. The highest BCUT2D eigenvalue weighted by Gasteiger charge is 2.39. The van der Waals surface area contributed by atoms with Crippen LogP contribution >= 0.6 is 11.8 Å². The maximum atomic E-state index is 12.8. The third kappa shape index (κ3) is 3.42. The smallest absolute Gasteiger partial charge is 0.246 e. The van der Waals surface area contributed by atoms with Crippen molar-refractivity contribution < 1.29 is 19.1 Å². The third-order valence-electron chi connectivity index (χ3n) is 4.79. The highest BCUT2D eigenvalue weighted by molar-refractivity contribution is 8.01. The lowest BCUT2D eigenvalue weighted by molar-refractivity contribution is -0.137. The fourth-order valence-corrected chi connectivity index (χ4v) is 4.15. The van der Waals surface area contributed by atoms with Gasteiger partial charge >= 0.3 is 0 Å². The van der Waals surface area contributed by atoms with E-state index in [4.69, 9.17) is 9.47 Å². The summed E-state index contributed by atoms with van der Waals surface area (Å²) < 4.78 is 10.2. The summed E-state index contributed by atoms with van der Waals surface area (Å²) in [6.45, 7) is 4.92. The largest absolute Gasteiger partial charge is 0.493 e. The average molecular weight is 364 g/mol. The van der Waals surface area contributed by atoms with Crippen LogP contribution < -0.4 is 14.8 Å². The van der Waals surface area contributed by atoms with E-state index in [0.29, 0.717) is 30.3 Å². The second-order valence-corrected chi connectivity index (χ2v) is 8.48. The molecule has 7 heteroatoms. The van der Waals surface area contributed by atoms with Gasteiger partial charge in [0.05, 0.1) is 19.0 Å². The van der Waals surface area contributed by atoms with Gasteiger partial charge in [-0.05, 0) is 43.5 Å². The first-order valence-electron chi connectivity index (χ1n) is 8.33. The van der Waals surface area contributed by atoms with E-state index in [1.807, 2.05) is 30.9 Å². The van der Waals surface area contributed by atoms with Gasteiger partial charge < -0.3 is 19.7 Å². The molecule has 2 amide bonds. The zero-order valence-electron chi connectivity index (χ0n) is 15.0. The van der Waals surface area contributed by atoms with E-state index in [0.717, 1.165) is 12.0 Å². The molecule has 1 N–H and O–H groups in total. The first-order valence-corrected chi connectivity index (χ1v) is 9.31. The van der Waals surface area contributed by atoms with E-state index in [9.17, 15) is 9.59 Å². The Morgan fingerprint density at radius 1 is 1.24 bits per heavy atom. The van der Waals surface area contributed by atoms with Crippen LogP contribution in [0.3, 0.4) is 0 Å². The van der Waals surface area contributed by atoms with Crippen molar-refractivity contribution in [3.8, 4) is 11.5 Å². The zero-order valence-corrected chi connectivity index (χ0v) is 15.9. The van der Waals surface area contributed by atoms with Gasteiger partial charge in [0, 0.05) is 18.8 Å². The van der Waals surface area contributed by atoms with Gasteiger partial charge in [0.1, 0.15) is 6.04 Å². The number of nitrogens with one attached hydrogen (secondary N) is 1. The Kier molecular flexibility index (Phi) is 4.86. The number of carbonyl (C=O) groups is 2. The Balaban J connectivity index is 1.74. The third-order valence-corrected chi connectivity index (χ3v) is 6.20. The number of carbonyl (C=O) groups excluding carboxylic acids is 2. The molecule has 0 radical (unpaired) electrons. The normalized spacial score (nSPS) is 22.0. The van der Waals surface area contributed by atoms with Gasteiger partial charge in [-0.25, -0.2) is 0 Å². The Hall–Kier alpha value is -1.89. The molecular formula is C18H24N2O4S. The first kappa shape index (κ1) is 17.9. The summed E-state index contributed by atoms with van der Waals surface area (Å²) in [7, 11) is 3.22. The fraction of sp³-hybridized carbons (Fsp3) is 0.556. The highest BCUT2D eigenvalue weighted by Crippen LogP contribution is 2.34. The second-order valence-electron chi connectivity index (χ2n) is 6.83. The molecule has 0 spiro atoms. The van der Waals surface area contributed by atoms with Gasteiger partial charge in [-0.1, -0.05) is 0 Å². The fourth-order valence-electron chi connectivity index (χ4n) is 3.16. The topological polar surface area (TPSA) is 67.9 Å². The molecule has 0 aliphatic carbocycles. The summed E-state index contributed by atoms with van der Waals surface area (Å²) in [6.07, 6.45) is 0.765. The number of amides is 2. The van der Waals surface area contributed by atoms with Crippen molar-refractivity contribution in [3.05, 3.63) is 23.3 Å². The number of nitrogens with zero attached hydrogens (tertiary/aromatic N) is 1. The molecule has 0 saturated carbocycles. The standard InChI is InChI=1S/C18H24N2O4S/c1-18(2)17(22)19-13(10-25-18)16(21)20-6-5-11-7-14(23-3)15(24-4)8-12(11)9-20/h7-8,13H,5-6,9-10H2,1-4H3,(H,19,22). The Morgan fingerprint density at radius 3 is 2.48 bits per heavy atom. The summed E-state index contributed by atoms with van der Waals surface area (Å²) in [6, 6.07) is 3.47. The van der Waals surface area contributed by atoms with E-state index in [-0.39, 0.29) is 11.8 Å². The number of benzene rings is 1. The lowest BCUT2D eigenvalue weighted by Gasteiger charge is -2.37. The summed E-state index contributed by atoms with van der Waals surface area (Å²) in [5, 5.41) is 2.87. The maximum Gasteiger partial charge on any atom is 0.246 e. The van der Waals surface area contributed by atoms with E-state index in [1.165, 1.54) is 17.3 Å². The summed E-state index contributed by atoms with van der Waals surface area (Å²) in [5.41, 5.74) is 2.23. The molecule has 0 aromatic heterocycles. The van der Waals surface area contributed by atoms with Gasteiger partial charge in [0.2, 0.25) is 11.8 Å². The van der Waals surface area contributed by atoms with Gasteiger partial charge in [0.25, 0.3) is 0 Å². The molecule has 1 saturated heterocycles. The Labute approximate surface area is 152 Å². The average Bonchev–Trinajstić information content (AvgIpc) is 2.61. The van der Waals surface area contributed by atoms with Crippen LogP contribution in [0.5, 0.6) is 11.5 Å². The lowest BCUT2D eigenvalue weighted by Crippen LogP contribution is -2.58. The van der Waals surface area contributed by atoms with Crippen molar-refractivity contribution in [2.24, 2.45) is 0 Å². The van der Waals surface area contributed by atoms with Crippen molar-refractivity contribution in [1.82, 2.24) is 10.2 Å². The van der Waals surface area contributed by atoms with E-state index in [1.54, 1.807) is 14.2 Å². The van der Waals surface area contributed by atoms with Gasteiger partial charge in [-0.2, -0.15) is 0 Å². The number of hydrogen-bond donors (Lipinski definition) is 1. The second kappa shape index (κ2) is 6.78. The van der Waals surface area contributed by atoms with Crippen LogP contribution in [0.4, 0.5) is 0 Å². The molecular weight excluding hydrogens is 340 g/mol. The van der Waals surface area contributed by atoms with Gasteiger partial charge in [-0.15, -0.1) is 11.8 Å². The first-order chi connectivity index (χ1) is 11.9. The molecule has 1 aromatic carbocycles. The van der Waals surface area contributed by atoms with Crippen molar-refractivity contribution in [2.45, 2.75) is 37.6 Å². The van der Waals surface area contributed by atoms with Crippen molar-refractivity contribution in [2.75, 3.05) is 26.5 Å². The van der Waals surface area contributed by atoms with Crippen molar-refractivity contribution in [1.29, 1.82) is 0 Å². The zero-order chi connectivity index (χ0) is 18.2. The van der Waals surface area contributed by atoms with Crippen molar-refractivity contribution in [3.63, 3.8) is 0 Å². The van der Waals surface area contributed by atoms with Crippen molar-refractivity contribution >= 4 is 23.6 Å². The number of hydrogen-bond acceptors (Lipinski definition) is 5. The molecule has 1 unspecified atom stereocenters. The van der Waals surface area contributed by atoms with E-state index in [2.05, 4.69) is 5.32 Å². The summed E-state index contributed by atoms with van der Waals surface area (Å²) >= 11 is 1.53. The van der Waals surface area contributed by atoms with E-state index < -0.39 is 10.8 Å². The van der Waals surface area contributed by atoms with Gasteiger partial charge in [0.15, 0.2) is 11.5 Å². The lowest BCUT2D eigenvalue weighted by atomic mass is 9.98. The number of thioether (sulfide) groups is 1. The molecule has 0 bridgehead atoms. The minimum Gasteiger partial charge on any atom is -0.493 e. The summed E-state index contributed by atoms with van der Waals surface area (Å²) in [4.78, 5) is 26.8. The molecule has 6 nitrogen and oxygen atoms in total. The van der Waals surface area contributed by atoms with Crippen LogP contribution in [0.1, 0.15) is 25.0 Å². The molecule has 2 heterocycles. The minimum atomic E-state index is -0.477. The van der Waals surface area contributed by atoms with Crippen LogP contribution in [0, 0.1) is 0 Å². The van der Waals surface area contributed by atoms with Crippen LogP contribution in [0.15, 0.2) is 12.1 Å². The predicted molar refractivity (Wildman–Crippen MR) is 97.1 cm³/mol. The number of ether oxygens (including phenoxy) is 2. The van der Waals surface area contributed by atoms with Crippen LogP contribution in [0.2, 0.25) is 0 Å². The predicted octanol–water partition coefficient (Wildman–Crippen LogP) is 1.60. The molecule has 1 aromatic rings. The Bertz CT molecular complexity index is 705. The SMILES string of the molecule is COc1cc2c(cc1OC)CN(C(=O)C1CSC(C)(C)C(=O)N1)CC2. The highest BCUT2D eigenvalue weighted by atomic mass is 32.2. The van der Waals surface area contributed by atoms with Crippen LogP contribution in [-0.2, 0) is 22.6 Å². The molecule has 2 aliphatic heterocycles. The molecule has 3 rings (SSSR count). The molecule has 2 aliphatic rings. The van der Waals surface area contributed by atoms with Crippen LogP contribution in [0.25, 0.3) is 0 Å². The maximum absolute atomic E-state index is 12.8. The molecule has 1 fully saturated rings. The number of fused-ring (bicyclic) bond motifs is 1.